The van der Waals surface area contributed by atoms with Crippen molar-refractivity contribution in [3.63, 3.8) is 0 Å². The van der Waals surface area contributed by atoms with Crippen LogP contribution in [-0.4, -0.2) is 25.2 Å². The fourth-order valence-electron chi connectivity index (χ4n) is 2.46. The third-order valence-corrected chi connectivity index (χ3v) is 3.91. The van der Waals surface area contributed by atoms with Crippen LogP contribution in [0.4, 0.5) is 5.69 Å². The molecular formula is C18H16N2O3S. The largest absolute Gasteiger partial charge is 0.497 e. The van der Waals surface area contributed by atoms with Crippen LogP contribution in [0.2, 0.25) is 0 Å². The van der Waals surface area contributed by atoms with Crippen molar-refractivity contribution in [1.82, 2.24) is 5.32 Å². The van der Waals surface area contributed by atoms with Crippen molar-refractivity contribution in [2.45, 2.75) is 0 Å². The molecule has 0 radical (unpaired) electrons. The first kappa shape index (κ1) is 16.0. The van der Waals surface area contributed by atoms with Gasteiger partial charge in [-0.15, -0.1) is 0 Å². The standard InChI is InChI=1S/C18H16N2O3S/c1-22-14-8-5-7-13(11-14)20-17(21)15(19-18(20)24)10-12-6-3-4-9-16(12)23-2/h3-11H,1-2H3,(H,19,24). The predicted octanol–water partition coefficient (Wildman–Crippen LogP) is 2.97. The topological polar surface area (TPSA) is 50.8 Å². The number of hydrogen-bond donors (Lipinski definition) is 1. The maximum atomic E-state index is 12.7. The number of nitrogens with zero attached hydrogens (tertiary/aromatic N) is 1. The molecule has 6 heteroatoms. The van der Waals surface area contributed by atoms with Crippen LogP contribution in [0.25, 0.3) is 6.08 Å². The van der Waals surface area contributed by atoms with Crippen LogP contribution in [0.1, 0.15) is 5.56 Å². The smallest absolute Gasteiger partial charge is 0.281 e. The summed E-state index contributed by atoms with van der Waals surface area (Å²) in [6.07, 6.45) is 1.73. The Morgan fingerprint density at radius 1 is 1.08 bits per heavy atom. The van der Waals surface area contributed by atoms with Crippen molar-refractivity contribution in [2.24, 2.45) is 0 Å². The predicted molar refractivity (Wildman–Crippen MR) is 97.2 cm³/mol. The zero-order valence-corrected chi connectivity index (χ0v) is 14.1. The van der Waals surface area contributed by atoms with E-state index in [0.717, 1.165) is 5.56 Å². The number of ether oxygens (including phenoxy) is 2. The van der Waals surface area contributed by atoms with Crippen LogP contribution < -0.4 is 19.7 Å². The van der Waals surface area contributed by atoms with Crippen molar-refractivity contribution in [1.29, 1.82) is 0 Å². The Morgan fingerprint density at radius 2 is 1.88 bits per heavy atom. The van der Waals surface area contributed by atoms with Crippen LogP contribution in [0.15, 0.2) is 54.2 Å². The average Bonchev–Trinajstić information content (AvgIpc) is 2.89. The molecule has 0 atom stereocenters. The number of amides is 1. The molecule has 0 saturated carbocycles. The van der Waals surface area contributed by atoms with Crippen molar-refractivity contribution in [3.05, 3.63) is 59.8 Å². The highest BCUT2D eigenvalue weighted by atomic mass is 32.1. The molecule has 0 unspecified atom stereocenters. The van der Waals surface area contributed by atoms with Gasteiger partial charge in [-0.25, -0.2) is 0 Å². The minimum absolute atomic E-state index is 0.223. The van der Waals surface area contributed by atoms with Gasteiger partial charge in [-0.1, -0.05) is 24.3 Å². The second kappa shape index (κ2) is 6.72. The van der Waals surface area contributed by atoms with Gasteiger partial charge in [0.1, 0.15) is 17.2 Å². The summed E-state index contributed by atoms with van der Waals surface area (Å²) in [5.74, 6) is 1.12. The van der Waals surface area contributed by atoms with E-state index >= 15 is 0 Å². The highest BCUT2D eigenvalue weighted by Gasteiger charge is 2.32. The molecule has 0 spiro atoms. The first-order chi connectivity index (χ1) is 11.6. The van der Waals surface area contributed by atoms with Gasteiger partial charge in [-0.3, -0.25) is 9.69 Å². The second-order valence-electron chi connectivity index (χ2n) is 5.07. The zero-order valence-electron chi connectivity index (χ0n) is 13.3. The van der Waals surface area contributed by atoms with E-state index in [9.17, 15) is 4.79 Å². The number of methoxy groups -OCH3 is 2. The first-order valence-electron chi connectivity index (χ1n) is 7.28. The first-order valence-corrected chi connectivity index (χ1v) is 7.69. The summed E-state index contributed by atoms with van der Waals surface area (Å²) in [6.45, 7) is 0. The minimum atomic E-state index is -0.223. The number of anilines is 1. The lowest BCUT2D eigenvalue weighted by atomic mass is 10.1. The Balaban J connectivity index is 1.95. The molecule has 1 aliphatic heterocycles. The van der Waals surface area contributed by atoms with E-state index in [4.69, 9.17) is 21.7 Å². The van der Waals surface area contributed by atoms with Gasteiger partial charge in [0.15, 0.2) is 5.11 Å². The molecule has 3 rings (SSSR count). The van der Waals surface area contributed by atoms with E-state index in [0.29, 0.717) is 28.0 Å². The van der Waals surface area contributed by atoms with Gasteiger partial charge >= 0.3 is 0 Å². The van der Waals surface area contributed by atoms with E-state index in [1.54, 1.807) is 32.4 Å². The lowest BCUT2D eigenvalue weighted by molar-refractivity contribution is -0.113. The Kier molecular flexibility index (Phi) is 4.48. The number of benzene rings is 2. The molecule has 1 saturated heterocycles. The third-order valence-electron chi connectivity index (χ3n) is 3.63. The van der Waals surface area contributed by atoms with Gasteiger partial charge in [-0.05, 0) is 36.5 Å². The van der Waals surface area contributed by atoms with Crippen molar-refractivity contribution in [2.75, 3.05) is 19.1 Å². The summed E-state index contributed by atoms with van der Waals surface area (Å²) in [5, 5.41) is 3.29. The third kappa shape index (κ3) is 2.96. The van der Waals surface area contributed by atoms with Crippen molar-refractivity contribution < 1.29 is 14.3 Å². The lowest BCUT2D eigenvalue weighted by Crippen LogP contribution is -2.30. The highest BCUT2D eigenvalue weighted by molar-refractivity contribution is 7.80. The normalized spacial score (nSPS) is 15.6. The van der Waals surface area contributed by atoms with Gasteiger partial charge in [0.2, 0.25) is 0 Å². The van der Waals surface area contributed by atoms with Gasteiger partial charge in [0.05, 0.1) is 19.9 Å². The van der Waals surface area contributed by atoms with Gasteiger partial charge in [0.25, 0.3) is 5.91 Å². The summed E-state index contributed by atoms with van der Waals surface area (Å²) in [7, 11) is 3.17. The molecule has 1 amide bonds. The highest BCUT2D eigenvalue weighted by Crippen LogP contribution is 2.27. The quantitative estimate of drug-likeness (QED) is 0.685. The summed E-state index contributed by atoms with van der Waals surface area (Å²) in [6, 6.07) is 14.7. The summed E-state index contributed by atoms with van der Waals surface area (Å²) < 4.78 is 10.5. The maximum absolute atomic E-state index is 12.7. The summed E-state index contributed by atoms with van der Waals surface area (Å²) >= 11 is 5.31. The second-order valence-corrected chi connectivity index (χ2v) is 5.46. The molecule has 24 heavy (non-hydrogen) atoms. The number of para-hydroxylation sites is 1. The Bertz CT molecular complexity index is 833. The van der Waals surface area contributed by atoms with Crippen LogP contribution in [0.5, 0.6) is 11.5 Å². The van der Waals surface area contributed by atoms with E-state index in [-0.39, 0.29) is 5.91 Å². The molecule has 1 N–H and O–H groups in total. The number of carbonyl (C=O) groups excluding carboxylic acids is 1. The fourth-order valence-corrected chi connectivity index (χ4v) is 2.76. The Labute approximate surface area is 145 Å². The number of carbonyl (C=O) groups is 1. The molecule has 0 aliphatic carbocycles. The number of hydrogen-bond acceptors (Lipinski definition) is 4. The summed E-state index contributed by atoms with van der Waals surface area (Å²) in [4.78, 5) is 14.2. The number of thiocarbonyl (C=S) groups is 1. The molecule has 5 nitrogen and oxygen atoms in total. The molecule has 0 aromatic heterocycles. The molecular weight excluding hydrogens is 324 g/mol. The Hall–Kier alpha value is -2.86. The summed E-state index contributed by atoms with van der Waals surface area (Å²) in [5.41, 5.74) is 1.85. The number of nitrogens with one attached hydrogen (secondary N) is 1. The van der Waals surface area contributed by atoms with Crippen LogP contribution in [0.3, 0.4) is 0 Å². The van der Waals surface area contributed by atoms with Crippen LogP contribution >= 0.6 is 12.2 Å². The Morgan fingerprint density at radius 3 is 2.62 bits per heavy atom. The van der Waals surface area contributed by atoms with Crippen molar-refractivity contribution >= 4 is 35.0 Å². The van der Waals surface area contributed by atoms with E-state index in [1.165, 1.54) is 4.90 Å². The average molecular weight is 340 g/mol. The maximum Gasteiger partial charge on any atom is 0.281 e. The molecule has 2 aromatic rings. The molecule has 0 bridgehead atoms. The molecule has 122 valence electrons. The van der Waals surface area contributed by atoms with Gasteiger partial charge in [-0.2, -0.15) is 0 Å². The molecule has 1 fully saturated rings. The number of rotatable bonds is 4. The van der Waals surface area contributed by atoms with Crippen LogP contribution in [0, 0.1) is 0 Å². The van der Waals surface area contributed by atoms with E-state index < -0.39 is 0 Å². The van der Waals surface area contributed by atoms with Gasteiger partial charge < -0.3 is 14.8 Å². The zero-order chi connectivity index (χ0) is 17.1. The van der Waals surface area contributed by atoms with E-state index in [1.807, 2.05) is 36.4 Å². The van der Waals surface area contributed by atoms with E-state index in [2.05, 4.69) is 5.32 Å². The van der Waals surface area contributed by atoms with Gasteiger partial charge in [0, 0.05) is 11.6 Å². The minimum Gasteiger partial charge on any atom is -0.497 e. The van der Waals surface area contributed by atoms with Crippen LogP contribution in [-0.2, 0) is 4.79 Å². The SMILES string of the molecule is COc1cccc(N2C(=O)C(=Cc3ccccc3OC)NC2=S)c1. The molecule has 1 aliphatic rings. The monoisotopic (exact) mass is 340 g/mol. The van der Waals surface area contributed by atoms with Crippen molar-refractivity contribution in [3.8, 4) is 11.5 Å². The lowest BCUT2D eigenvalue weighted by Gasteiger charge is -2.14. The fraction of sp³-hybridized carbons (Fsp3) is 0.111. The molecule has 1 heterocycles. The molecule has 2 aromatic carbocycles.